The summed E-state index contributed by atoms with van der Waals surface area (Å²) in [5.41, 5.74) is 0.437. The van der Waals surface area contributed by atoms with E-state index < -0.39 is 0 Å². The number of likely N-dealkylation sites (N-methyl/N-ethyl adjacent to an activating group) is 1. The van der Waals surface area contributed by atoms with E-state index in [2.05, 4.69) is 9.98 Å². The van der Waals surface area contributed by atoms with Crippen molar-refractivity contribution < 1.29 is 14.0 Å². The highest BCUT2D eigenvalue weighted by atomic mass is 16.4. The minimum Gasteiger partial charge on any atom is -0.436 e. The van der Waals surface area contributed by atoms with Crippen LogP contribution in [0.5, 0.6) is 0 Å². The van der Waals surface area contributed by atoms with Crippen LogP contribution < -0.4 is 0 Å². The lowest BCUT2D eigenvalue weighted by Gasteiger charge is -2.11. The van der Waals surface area contributed by atoms with Gasteiger partial charge in [-0.1, -0.05) is 6.92 Å². The molecule has 1 aliphatic carbocycles. The largest absolute Gasteiger partial charge is 0.436 e. The molecular weight excluding hydrogens is 246 g/mol. The van der Waals surface area contributed by atoms with Crippen LogP contribution in [0.25, 0.3) is 0 Å². The molecule has 0 saturated carbocycles. The number of Topliss-reactive ketones (excluding diaryl/α,β-unsaturated/α-hetero) is 2. The Bertz CT molecular complexity index is 543. The Labute approximate surface area is 111 Å². The Hall–Kier alpha value is -1.82. The molecule has 1 aromatic rings. The lowest BCUT2D eigenvalue weighted by Crippen LogP contribution is -2.27. The summed E-state index contributed by atoms with van der Waals surface area (Å²) in [7, 11) is 3.85. The Morgan fingerprint density at radius 1 is 1.37 bits per heavy atom. The van der Waals surface area contributed by atoms with Gasteiger partial charge in [0.1, 0.15) is 0 Å². The van der Waals surface area contributed by atoms with Crippen molar-refractivity contribution in [1.82, 2.24) is 9.88 Å². The summed E-state index contributed by atoms with van der Waals surface area (Å²) in [5, 5.41) is 0. The summed E-state index contributed by atoms with van der Waals surface area (Å²) in [5.74, 6) is -0.0276. The average molecular weight is 263 g/mol. The van der Waals surface area contributed by atoms with Gasteiger partial charge in [-0.05, 0) is 14.1 Å². The van der Waals surface area contributed by atoms with E-state index in [1.54, 1.807) is 0 Å². The summed E-state index contributed by atoms with van der Waals surface area (Å²) < 4.78 is 5.32. The number of hydrogen-bond acceptors (Lipinski definition) is 6. The average Bonchev–Trinajstić information content (AvgIpc) is 2.79. The standard InChI is InChI=1S/C13H17N3O3/c1-4-10-15-11-9(17)7-8(12(18)13(11)19-10)14-5-6-16(2)3/h4-7H2,1-3H3. The number of rotatable bonds is 4. The predicted octanol–water partition coefficient (Wildman–Crippen LogP) is 1.01. The first-order valence-electron chi connectivity index (χ1n) is 6.28. The molecule has 0 amide bonds. The second-order valence-electron chi connectivity index (χ2n) is 4.70. The van der Waals surface area contributed by atoms with Gasteiger partial charge >= 0.3 is 0 Å². The van der Waals surface area contributed by atoms with Gasteiger partial charge in [0.2, 0.25) is 11.5 Å². The molecule has 0 bridgehead atoms. The van der Waals surface area contributed by atoms with Crippen molar-refractivity contribution in [3.05, 3.63) is 17.3 Å². The molecule has 0 saturated heterocycles. The van der Waals surface area contributed by atoms with Crippen LogP contribution in [-0.4, -0.2) is 54.3 Å². The highest BCUT2D eigenvalue weighted by molar-refractivity contribution is 6.51. The van der Waals surface area contributed by atoms with Crippen molar-refractivity contribution >= 4 is 17.3 Å². The molecule has 102 valence electrons. The van der Waals surface area contributed by atoms with E-state index in [9.17, 15) is 9.59 Å². The van der Waals surface area contributed by atoms with Crippen LogP contribution in [0.4, 0.5) is 0 Å². The van der Waals surface area contributed by atoms with E-state index in [-0.39, 0.29) is 35.2 Å². The molecule has 1 aromatic heterocycles. The van der Waals surface area contributed by atoms with Crippen molar-refractivity contribution in [2.24, 2.45) is 4.99 Å². The molecule has 0 aromatic carbocycles. The van der Waals surface area contributed by atoms with E-state index in [1.165, 1.54) is 0 Å². The fraction of sp³-hybridized carbons (Fsp3) is 0.538. The van der Waals surface area contributed by atoms with Gasteiger partial charge in [-0.3, -0.25) is 14.6 Å². The van der Waals surface area contributed by atoms with Gasteiger partial charge in [-0.25, -0.2) is 4.98 Å². The van der Waals surface area contributed by atoms with E-state index in [0.717, 1.165) is 6.54 Å². The van der Waals surface area contributed by atoms with Crippen molar-refractivity contribution in [1.29, 1.82) is 0 Å². The molecular formula is C13H17N3O3. The van der Waals surface area contributed by atoms with Gasteiger partial charge in [0.15, 0.2) is 17.4 Å². The molecule has 2 rings (SSSR count). The SMILES string of the molecule is CCc1nc2c(o1)C(=O)C(=NCCN(C)C)CC2=O. The zero-order chi connectivity index (χ0) is 14.0. The number of aryl methyl sites for hydroxylation is 1. The van der Waals surface area contributed by atoms with Gasteiger partial charge in [-0.15, -0.1) is 0 Å². The highest BCUT2D eigenvalue weighted by Crippen LogP contribution is 2.21. The maximum Gasteiger partial charge on any atom is 0.244 e. The van der Waals surface area contributed by atoms with Crippen molar-refractivity contribution in [2.45, 2.75) is 19.8 Å². The lowest BCUT2D eigenvalue weighted by atomic mass is 9.97. The number of aromatic nitrogens is 1. The van der Waals surface area contributed by atoms with Gasteiger partial charge in [0, 0.05) is 13.0 Å². The van der Waals surface area contributed by atoms with Crippen molar-refractivity contribution in [3.8, 4) is 0 Å². The maximum absolute atomic E-state index is 12.1. The molecule has 0 fully saturated rings. The number of aliphatic imine (C=N–C) groups is 1. The number of hydrogen-bond donors (Lipinski definition) is 0. The molecule has 6 heteroatoms. The minimum atomic E-state index is -0.305. The molecule has 0 radical (unpaired) electrons. The first-order chi connectivity index (χ1) is 9.02. The van der Waals surface area contributed by atoms with Crippen LogP contribution in [0, 0.1) is 0 Å². The fourth-order valence-corrected chi connectivity index (χ4v) is 1.82. The third-order valence-electron chi connectivity index (χ3n) is 2.88. The lowest BCUT2D eigenvalue weighted by molar-refractivity contribution is 0.0949. The second-order valence-corrected chi connectivity index (χ2v) is 4.70. The molecule has 0 N–H and O–H groups in total. The fourth-order valence-electron chi connectivity index (χ4n) is 1.82. The third-order valence-corrected chi connectivity index (χ3v) is 2.88. The highest BCUT2D eigenvalue weighted by Gasteiger charge is 2.34. The molecule has 0 aliphatic heterocycles. The Kier molecular flexibility index (Phi) is 3.90. The number of carbonyl (C=O) groups is 2. The quantitative estimate of drug-likeness (QED) is 0.810. The number of nitrogens with zero attached hydrogens (tertiary/aromatic N) is 3. The monoisotopic (exact) mass is 263 g/mol. The summed E-state index contributed by atoms with van der Waals surface area (Å²) in [6.45, 7) is 3.08. The van der Waals surface area contributed by atoms with Crippen LogP contribution in [0.3, 0.4) is 0 Å². The Morgan fingerprint density at radius 3 is 2.74 bits per heavy atom. The molecule has 1 heterocycles. The Balaban J connectivity index is 2.24. The summed E-state index contributed by atoms with van der Waals surface area (Å²) in [6.07, 6.45) is 0.579. The molecule has 1 aliphatic rings. The molecule has 0 atom stereocenters. The zero-order valence-electron chi connectivity index (χ0n) is 11.4. The first-order valence-corrected chi connectivity index (χ1v) is 6.28. The van der Waals surface area contributed by atoms with Crippen molar-refractivity contribution in [2.75, 3.05) is 27.2 Å². The minimum absolute atomic E-state index is 0.0228. The first kappa shape index (κ1) is 13.6. The number of oxazole rings is 1. The van der Waals surface area contributed by atoms with Gasteiger partial charge in [-0.2, -0.15) is 0 Å². The van der Waals surface area contributed by atoms with Crippen LogP contribution >= 0.6 is 0 Å². The summed E-state index contributed by atoms with van der Waals surface area (Å²) in [6, 6.07) is 0. The van der Waals surface area contributed by atoms with Crippen LogP contribution in [0.1, 0.15) is 40.3 Å². The van der Waals surface area contributed by atoms with Crippen molar-refractivity contribution in [3.63, 3.8) is 0 Å². The molecule has 0 spiro atoms. The summed E-state index contributed by atoms with van der Waals surface area (Å²) >= 11 is 0. The Morgan fingerprint density at radius 2 is 2.11 bits per heavy atom. The normalized spacial score (nSPS) is 17.4. The van der Waals surface area contributed by atoms with Crippen LogP contribution in [0.2, 0.25) is 0 Å². The second kappa shape index (κ2) is 5.44. The number of carbonyl (C=O) groups excluding carboxylic acids is 2. The van der Waals surface area contributed by atoms with E-state index >= 15 is 0 Å². The third kappa shape index (κ3) is 2.78. The topological polar surface area (TPSA) is 75.8 Å². The van der Waals surface area contributed by atoms with E-state index in [1.807, 2.05) is 25.9 Å². The van der Waals surface area contributed by atoms with Crippen LogP contribution in [-0.2, 0) is 6.42 Å². The molecule has 6 nitrogen and oxygen atoms in total. The van der Waals surface area contributed by atoms with Gasteiger partial charge in [0.05, 0.1) is 18.7 Å². The summed E-state index contributed by atoms with van der Waals surface area (Å²) in [4.78, 5) is 34.3. The predicted molar refractivity (Wildman–Crippen MR) is 70.0 cm³/mol. The number of ketones is 2. The van der Waals surface area contributed by atoms with Gasteiger partial charge < -0.3 is 9.32 Å². The van der Waals surface area contributed by atoms with Gasteiger partial charge in [0.25, 0.3) is 0 Å². The molecule has 0 unspecified atom stereocenters. The smallest absolute Gasteiger partial charge is 0.244 e. The number of fused-ring (bicyclic) bond motifs is 1. The maximum atomic E-state index is 12.1. The molecule has 19 heavy (non-hydrogen) atoms. The van der Waals surface area contributed by atoms with Crippen LogP contribution in [0.15, 0.2) is 9.41 Å². The van der Waals surface area contributed by atoms with E-state index in [0.29, 0.717) is 18.9 Å². The van der Waals surface area contributed by atoms with E-state index in [4.69, 9.17) is 4.42 Å². The zero-order valence-corrected chi connectivity index (χ0v) is 11.4.